The first-order valence-corrected chi connectivity index (χ1v) is 7.90. The van der Waals surface area contributed by atoms with E-state index in [4.69, 9.17) is 4.74 Å². The zero-order chi connectivity index (χ0) is 15.1. The number of ether oxygens (including phenoxy) is 1. The van der Waals surface area contributed by atoms with Gasteiger partial charge in [0.05, 0.1) is 12.1 Å². The fourth-order valence-corrected chi connectivity index (χ4v) is 4.22. The van der Waals surface area contributed by atoms with Crippen molar-refractivity contribution in [2.45, 2.75) is 58.7 Å². The lowest BCUT2D eigenvalue weighted by molar-refractivity contribution is 0.0134. The van der Waals surface area contributed by atoms with Crippen molar-refractivity contribution < 1.29 is 9.53 Å². The van der Waals surface area contributed by atoms with Crippen LogP contribution in [0.5, 0.6) is 0 Å². The van der Waals surface area contributed by atoms with E-state index in [1.807, 2.05) is 25.7 Å². The van der Waals surface area contributed by atoms with Crippen molar-refractivity contribution in [1.29, 1.82) is 0 Å². The van der Waals surface area contributed by atoms with Gasteiger partial charge in [0, 0.05) is 0 Å². The first-order valence-electron chi connectivity index (χ1n) is 7.90. The van der Waals surface area contributed by atoms with E-state index in [1.54, 1.807) is 0 Å². The molecule has 0 unspecified atom stereocenters. The van der Waals surface area contributed by atoms with Gasteiger partial charge >= 0.3 is 6.09 Å². The third-order valence-corrected chi connectivity index (χ3v) is 5.24. The second-order valence-corrected chi connectivity index (χ2v) is 7.91. The second-order valence-electron chi connectivity index (χ2n) is 7.91. The smallest absolute Gasteiger partial charge is 0.411 e. The molecule has 0 N–H and O–H groups in total. The van der Waals surface area contributed by atoms with E-state index < -0.39 is 5.60 Å². The van der Waals surface area contributed by atoms with Gasteiger partial charge < -0.3 is 4.74 Å². The summed E-state index contributed by atoms with van der Waals surface area (Å²) in [5.41, 5.74) is 4.95. The van der Waals surface area contributed by atoms with Crippen LogP contribution < -0.4 is 0 Å². The van der Waals surface area contributed by atoms with Crippen molar-refractivity contribution in [1.82, 2.24) is 4.90 Å². The van der Waals surface area contributed by atoms with Crippen molar-refractivity contribution in [2.75, 3.05) is 0 Å². The first kappa shape index (κ1) is 13.2. The maximum absolute atomic E-state index is 12.6. The van der Waals surface area contributed by atoms with Crippen molar-refractivity contribution in [2.24, 2.45) is 11.8 Å². The third kappa shape index (κ3) is 1.76. The fraction of sp³-hybridized carbons (Fsp3) is 0.611. The molecule has 1 aliphatic carbocycles. The first-order chi connectivity index (χ1) is 9.78. The second kappa shape index (κ2) is 3.82. The van der Waals surface area contributed by atoms with Crippen LogP contribution in [-0.2, 0) is 4.74 Å². The number of rotatable bonds is 0. The summed E-state index contributed by atoms with van der Waals surface area (Å²) in [6, 6.07) is 5.09. The van der Waals surface area contributed by atoms with Crippen molar-refractivity contribution in [3.05, 3.63) is 34.4 Å². The topological polar surface area (TPSA) is 29.5 Å². The highest BCUT2D eigenvalue weighted by atomic mass is 16.6. The van der Waals surface area contributed by atoms with Gasteiger partial charge in [-0.15, -0.1) is 0 Å². The lowest BCUT2D eigenvalue weighted by atomic mass is 9.89. The molecule has 1 saturated carbocycles. The Morgan fingerprint density at radius 3 is 2.00 bits per heavy atom. The Hall–Kier alpha value is -1.51. The highest BCUT2D eigenvalue weighted by Gasteiger charge is 2.66. The van der Waals surface area contributed by atoms with Gasteiger partial charge in [-0.25, -0.2) is 4.79 Å². The van der Waals surface area contributed by atoms with E-state index in [1.165, 1.54) is 28.7 Å². The zero-order valence-electron chi connectivity index (χ0n) is 13.4. The lowest BCUT2D eigenvalue weighted by Crippen LogP contribution is -2.36. The van der Waals surface area contributed by atoms with Crippen LogP contribution in [0.2, 0.25) is 0 Å². The van der Waals surface area contributed by atoms with Gasteiger partial charge in [0.1, 0.15) is 5.60 Å². The Balaban J connectivity index is 1.73. The molecule has 1 aromatic rings. The van der Waals surface area contributed by atoms with Crippen LogP contribution in [0.15, 0.2) is 12.1 Å². The maximum atomic E-state index is 12.6. The highest BCUT2D eigenvalue weighted by molar-refractivity contribution is 5.73. The van der Waals surface area contributed by atoms with Gasteiger partial charge in [0.25, 0.3) is 0 Å². The van der Waals surface area contributed by atoms with Crippen LogP contribution in [0, 0.1) is 25.7 Å². The van der Waals surface area contributed by atoms with Gasteiger partial charge in [0.2, 0.25) is 0 Å². The van der Waals surface area contributed by atoms with Crippen LogP contribution in [0.25, 0.3) is 0 Å². The monoisotopic (exact) mass is 285 g/mol. The lowest BCUT2D eigenvalue weighted by Gasteiger charge is -2.29. The molecule has 2 bridgehead atoms. The number of fused-ring (bicyclic) bond motifs is 8. The predicted octanol–water partition coefficient (Wildman–Crippen LogP) is 4.29. The summed E-state index contributed by atoms with van der Waals surface area (Å²) in [5, 5.41) is 0. The largest absolute Gasteiger partial charge is 0.444 e. The van der Waals surface area contributed by atoms with Crippen LogP contribution >= 0.6 is 0 Å². The number of benzene rings is 1. The van der Waals surface area contributed by atoms with Crippen LogP contribution in [0.4, 0.5) is 4.79 Å². The van der Waals surface area contributed by atoms with Gasteiger partial charge in [-0.2, -0.15) is 0 Å². The number of carbonyl (C=O) groups excluding carboxylic acids is 1. The minimum Gasteiger partial charge on any atom is -0.444 e. The van der Waals surface area contributed by atoms with Crippen molar-refractivity contribution >= 4 is 6.09 Å². The Morgan fingerprint density at radius 2 is 1.57 bits per heavy atom. The Bertz CT molecular complexity index is 602. The quantitative estimate of drug-likeness (QED) is 0.712. The minimum absolute atomic E-state index is 0.142. The van der Waals surface area contributed by atoms with Crippen LogP contribution in [0.1, 0.15) is 61.5 Å². The van der Waals surface area contributed by atoms with E-state index in [-0.39, 0.29) is 18.2 Å². The number of amides is 1. The minimum atomic E-state index is -0.429. The Kier molecular flexibility index (Phi) is 2.40. The molecule has 3 aliphatic rings. The van der Waals surface area contributed by atoms with E-state index in [0.717, 1.165) is 0 Å². The molecule has 3 nitrogen and oxygen atoms in total. The molecule has 0 radical (unpaired) electrons. The van der Waals surface area contributed by atoms with E-state index >= 15 is 0 Å². The molecule has 1 aromatic carbocycles. The summed E-state index contributed by atoms with van der Waals surface area (Å²) in [7, 11) is 0. The number of nitrogens with zero attached hydrogens (tertiary/aromatic N) is 1. The number of carbonyl (C=O) groups is 1. The predicted molar refractivity (Wildman–Crippen MR) is 81.1 cm³/mol. The molecule has 2 aliphatic heterocycles. The van der Waals surface area contributed by atoms with Gasteiger partial charge in [0.15, 0.2) is 0 Å². The van der Waals surface area contributed by atoms with Crippen LogP contribution in [-0.4, -0.2) is 16.6 Å². The summed E-state index contributed by atoms with van der Waals surface area (Å²) in [6.07, 6.45) is 1.12. The Morgan fingerprint density at radius 1 is 1.10 bits per heavy atom. The number of aryl methyl sites for hydroxylation is 2. The van der Waals surface area contributed by atoms with Gasteiger partial charge in [-0.1, -0.05) is 12.1 Å². The number of piperidine rings is 1. The molecule has 4 atom stereocenters. The molecule has 2 heterocycles. The molecule has 0 aromatic heterocycles. The third-order valence-electron chi connectivity index (χ3n) is 5.24. The number of hydrogen-bond donors (Lipinski definition) is 0. The summed E-state index contributed by atoms with van der Waals surface area (Å²) in [5.74, 6) is 1.33. The summed E-state index contributed by atoms with van der Waals surface area (Å²) < 4.78 is 5.65. The van der Waals surface area contributed by atoms with Gasteiger partial charge in [-0.3, -0.25) is 4.90 Å². The highest BCUT2D eigenvalue weighted by Crippen LogP contribution is 2.70. The normalized spacial score (nSPS) is 32.0. The molecule has 1 saturated heterocycles. The molecule has 112 valence electrons. The maximum Gasteiger partial charge on any atom is 0.411 e. The SMILES string of the molecule is Cc1cc2c(cc1C)[C@H]1[C@@H]3C[C@@H]3[C@@H]2N1C(=O)OC(C)(C)C. The van der Waals surface area contributed by atoms with Crippen molar-refractivity contribution in [3.63, 3.8) is 0 Å². The molecule has 3 heteroatoms. The standard InChI is InChI=1S/C18H23NO2/c1-9-6-11-12(7-10(9)2)16-14-8-13(14)15(11)19(16)17(20)21-18(3,4)5/h6-7,13-16H,8H2,1-5H3/t13-,14+,15+,16-. The van der Waals surface area contributed by atoms with E-state index in [2.05, 4.69) is 26.0 Å². The molecular formula is C18H23NO2. The van der Waals surface area contributed by atoms with Crippen LogP contribution in [0.3, 0.4) is 0 Å². The molecule has 21 heavy (non-hydrogen) atoms. The fourth-order valence-electron chi connectivity index (χ4n) is 4.22. The molecule has 1 amide bonds. The van der Waals surface area contributed by atoms with Gasteiger partial charge in [-0.05, 0) is 75.1 Å². The average Bonchev–Trinajstić information content (AvgIpc) is 2.99. The molecule has 4 rings (SSSR count). The summed E-state index contributed by atoms with van der Waals surface area (Å²) >= 11 is 0. The van der Waals surface area contributed by atoms with E-state index in [0.29, 0.717) is 11.8 Å². The molecular weight excluding hydrogens is 262 g/mol. The summed E-state index contributed by atoms with van der Waals surface area (Å²) in [6.45, 7) is 10.1. The van der Waals surface area contributed by atoms with E-state index in [9.17, 15) is 4.79 Å². The Labute approximate surface area is 126 Å². The molecule has 0 spiro atoms. The molecule has 2 fully saturated rings. The average molecular weight is 285 g/mol. The number of hydrogen-bond acceptors (Lipinski definition) is 2. The zero-order valence-corrected chi connectivity index (χ0v) is 13.4. The summed E-state index contributed by atoms with van der Waals surface area (Å²) in [4.78, 5) is 14.7. The van der Waals surface area contributed by atoms with Crippen molar-refractivity contribution in [3.8, 4) is 0 Å².